The molecule has 0 radical (unpaired) electrons. The van der Waals surface area contributed by atoms with Gasteiger partial charge in [-0.1, -0.05) is 35.0 Å². The van der Waals surface area contributed by atoms with Gasteiger partial charge in [-0.3, -0.25) is 0 Å². The van der Waals surface area contributed by atoms with Crippen LogP contribution in [0.25, 0.3) is 0 Å². The Balaban J connectivity index is 3.14. The van der Waals surface area contributed by atoms with Crippen LogP contribution in [-0.2, 0) is 10.2 Å². The number of rotatable bonds is 3. The molecule has 5 heteroatoms. The summed E-state index contributed by atoms with van der Waals surface area (Å²) in [5.41, 5.74) is 0.476. The lowest BCUT2D eigenvalue weighted by atomic mass is 10.1. The predicted molar refractivity (Wildman–Crippen MR) is 57.2 cm³/mol. The molecule has 1 aromatic carbocycles. The minimum Gasteiger partial charge on any atom is -0.194 e. The molecule has 1 rings (SSSR count). The maximum atomic E-state index is 12.8. The predicted octanol–water partition coefficient (Wildman–Crippen LogP) is 3.20. The fraction of sp³-hybridized carbons (Fsp3) is 0.333. The first-order chi connectivity index (χ1) is 6.45. The van der Waals surface area contributed by atoms with Crippen LogP contribution >= 0.6 is 15.9 Å². The average molecular weight is 281 g/mol. The Labute approximate surface area is 91.5 Å². The standard InChI is InChI=1S/C9H10BrFO2S/c1-2-9(14(11,12)13)7-4-3-5-8(10)6-7/h3-6,9H,2H2,1H3. The van der Waals surface area contributed by atoms with Gasteiger partial charge in [-0.2, -0.15) is 8.42 Å². The van der Waals surface area contributed by atoms with Crippen molar-refractivity contribution in [1.82, 2.24) is 0 Å². The number of hydrogen-bond acceptors (Lipinski definition) is 2. The van der Waals surface area contributed by atoms with Gasteiger partial charge >= 0.3 is 10.2 Å². The summed E-state index contributed by atoms with van der Waals surface area (Å²) in [6.45, 7) is 1.64. The highest BCUT2D eigenvalue weighted by Crippen LogP contribution is 2.28. The Kier molecular flexibility index (Phi) is 3.66. The fourth-order valence-electron chi connectivity index (χ4n) is 1.30. The van der Waals surface area contributed by atoms with E-state index in [1.54, 1.807) is 31.2 Å². The molecule has 1 aromatic rings. The second-order valence-corrected chi connectivity index (χ2v) is 5.36. The van der Waals surface area contributed by atoms with Crippen LogP contribution in [0.2, 0.25) is 0 Å². The molecule has 0 N–H and O–H groups in total. The normalized spacial score (nSPS) is 13.9. The highest BCUT2D eigenvalue weighted by Gasteiger charge is 2.24. The van der Waals surface area contributed by atoms with E-state index in [9.17, 15) is 12.3 Å². The van der Waals surface area contributed by atoms with Gasteiger partial charge in [-0.15, -0.1) is 3.89 Å². The third kappa shape index (κ3) is 2.78. The molecular formula is C9H10BrFO2S. The van der Waals surface area contributed by atoms with Crippen molar-refractivity contribution in [3.63, 3.8) is 0 Å². The quantitative estimate of drug-likeness (QED) is 0.797. The second-order valence-electron chi connectivity index (χ2n) is 2.93. The Morgan fingerprint density at radius 1 is 1.50 bits per heavy atom. The largest absolute Gasteiger partial charge is 0.309 e. The van der Waals surface area contributed by atoms with Crippen molar-refractivity contribution in [2.75, 3.05) is 0 Å². The van der Waals surface area contributed by atoms with Gasteiger partial charge in [0.2, 0.25) is 0 Å². The molecule has 0 aromatic heterocycles. The summed E-state index contributed by atoms with van der Waals surface area (Å²) in [6.07, 6.45) is 0.231. The zero-order chi connectivity index (χ0) is 10.8. The number of halogens is 2. The van der Waals surface area contributed by atoms with Gasteiger partial charge in [0.15, 0.2) is 0 Å². The van der Waals surface area contributed by atoms with Crippen LogP contribution in [0.15, 0.2) is 28.7 Å². The lowest BCUT2D eigenvalue weighted by molar-refractivity contribution is 0.533. The van der Waals surface area contributed by atoms with Crippen molar-refractivity contribution in [2.24, 2.45) is 0 Å². The van der Waals surface area contributed by atoms with Gasteiger partial charge in [0.25, 0.3) is 0 Å². The fourth-order valence-corrected chi connectivity index (χ4v) is 2.59. The molecule has 0 saturated carbocycles. The van der Waals surface area contributed by atoms with Crippen LogP contribution in [0.4, 0.5) is 3.89 Å². The Hall–Kier alpha value is -0.420. The summed E-state index contributed by atoms with van der Waals surface area (Å²) in [5.74, 6) is 0. The zero-order valence-corrected chi connectivity index (χ0v) is 9.98. The van der Waals surface area contributed by atoms with Gasteiger partial charge in [-0.25, -0.2) is 0 Å². The van der Waals surface area contributed by atoms with E-state index in [2.05, 4.69) is 15.9 Å². The van der Waals surface area contributed by atoms with E-state index in [0.29, 0.717) is 5.56 Å². The van der Waals surface area contributed by atoms with Crippen LogP contribution in [0.5, 0.6) is 0 Å². The number of hydrogen-bond donors (Lipinski definition) is 0. The maximum absolute atomic E-state index is 12.8. The summed E-state index contributed by atoms with van der Waals surface area (Å²) >= 11 is 3.21. The molecule has 0 aliphatic heterocycles. The minimum atomic E-state index is -4.51. The molecule has 0 amide bonds. The van der Waals surface area contributed by atoms with Crippen molar-refractivity contribution < 1.29 is 12.3 Å². The molecule has 0 fully saturated rings. The van der Waals surface area contributed by atoms with E-state index in [1.807, 2.05) is 0 Å². The molecule has 0 aliphatic rings. The van der Waals surface area contributed by atoms with Crippen molar-refractivity contribution in [3.8, 4) is 0 Å². The van der Waals surface area contributed by atoms with E-state index in [-0.39, 0.29) is 6.42 Å². The second kappa shape index (κ2) is 4.40. The highest BCUT2D eigenvalue weighted by atomic mass is 79.9. The SMILES string of the molecule is CCC(c1cccc(Br)c1)S(=O)(=O)F. The molecule has 1 atom stereocenters. The van der Waals surface area contributed by atoms with Gasteiger partial charge in [0.05, 0.1) is 0 Å². The Bertz CT molecular complexity index is 417. The monoisotopic (exact) mass is 280 g/mol. The third-order valence-electron chi connectivity index (χ3n) is 1.93. The van der Waals surface area contributed by atoms with Crippen LogP contribution in [0.1, 0.15) is 24.2 Å². The Morgan fingerprint density at radius 2 is 2.14 bits per heavy atom. The lowest BCUT2D eigenvalue weighted by Gasteiger charge is -2.10. The molecule has 14 heavy (non-hydrogen) atoms. The summed E-state index contributed by atoms with van der Waals surface area (Å²) in [7, 11) is -4.51. The topological polar surface area (TPSA) is 34.1 Å². The van der Waals surface area contributed by atoms with Crippen molar-refractivity contribution in [1.29, 1.82) is 0 Å². The van der Waals surface area contributed by atoms with Crippen LogP contribution in [0.3, 0.4) is 0 Å². The van der Waals surface area contributed by atoms with Crippen molar-refractivity contribution >= 4 is 26.2 Å². The van der Waals surface area contributed by atoms with Gasteiger partial charge in [-0.05, 0) is 24.1 Å². The smallest absolute Gasteiger partial charge is 0.194 e. The summed E-state index contributed by atoms with van der Waals surface area (Å²) < 4.78 is 35.2. The molecule has 0 spiro atoms. The summed E-state index contributed by atoms with van der Waals surface area (Å²) in [4.78, 5) is 0. The van der Waals surface area contributed by atoms with E-state index < -0.39 is 15.5 Å². The molecule has 0 saturated heterocycles. The van der Waals surface area contributed by atoms with E-state index in [0.717, 1.165) is 4.47 Å². The molecule has 2 nitrogen and oxygen atoms in total. The third-order valence-corrected chi connectivity index (χ3v) is 3.71. The van der Waals surface area contributed by atoms with E-state index in [1.165, 1.54) is 0 Å². The Morgan fingerprint density at radius 3 is 2.57 bits per heavy atom. The first kappa shape index (κ1) is 11.7. The van der Waals surface area contributed by atoms with Crippen LogP contribution in [0, 0.1) is 0 Å². The maximum Gasteiger partial charge on any atom is 0.309 e. The first-order valence-corrected chi connectivity index (χ1v) is 6.38. The average Bonchev–Trinajstić information content (AvgIpc) is 2.02. The van der Waals surface area contributed by atoms with Crippen LogP contribution in [-0.4, -0.2) is 8.42 Å². The van der Waals surface area contributed by atoms with Crippen LogP contribution < -0.4 is 0 Å². The molecule has 1 unspecified atom stereocenters. The van der Waals surface area contributed by atoms with Gasteiger partial charge in [0, 0.05) is 4.47 Å². The van der Waals surface area contributed by atoms with E-state index >= 15 is 0 Å². The van der Waals surface area contributed by atoms with Crippen molar-refractivity contribution in [2.45, 2.75) is 18.6 Å². The van der Waals surface area contributed by atoms with E-state index in [4.69, 9.17) is 0 Å². The summed E-state index contributed by atoms with van der Waals surface area (Å²) in [5, 5.41) is -1.06. The molecular weight excluding hydrogens is 271 g/mol. The first-order valence-electron chi connectivity index (χ1n) is 4.14. The molecule has 0 bridgehead atoms. The van der Waals surface area contributed by atoms with Gasteiger partial charge < -0.3 is 0 Å². The zero-order valence-electron chi connectivity index (χ0n) is 7.57. The molecule has 78 valence electrons. The summed E-state index contributed by atoms with van der Waals surface area (Å²) in [6, 6.07) is 6.68. The lowest BCUT2D eigenvalue weighted by Crippen LogP contribution is -2.06. The van der Waals surface area contributed by atoms with Crippen molar-refractivity contribution in [3.05, 3.63) is 34.3 Å². The molecule has 0 heterocycles. The molecule has 0 aliphatic carbocycles. The van der Waals surface area contributed by atoms with Gasteiger partial charge in [0.1, 0.15) is 5.25 Å². The minimum absolute atomic E-state index is 0.231. The number of benzene rings is 1. The highest BCUT2D eigenvalue weighted by molar-refractivity contribution is 9.10.